The average molecular weight is 277 g/mol. The third kappa shape index (κ3) is 5.11. The first-order valence-electron chi connectivity index (χ1n) is 6.60. The predicted molar refractivity (Wildman–Crippen MR) is 80.4 cm³/mol. The van der Waals surface area contributed by atoms with Crippen LogP contribution < -0.4 is 5.32 Å². The molecular formula is C15H23N3O2. The van der Waals surface area contributed by atoms with Gasteiger partial charge in [-0.1, -0.05) is 24.6 Å². The molecular weight excluding hydrogens is 254 g/mol. The summed E-state index contributed by atoms with van der Waals surface area (Å²) in [5, 5.41) is 13.2. The zero-order valence-corrected chi connectivity index (χ0v) is 12.3. The van der Waals surface area contributed by atoms with Crippen molar-refractivity contribution in [1.29, 1.82) is 0 Å². The lowest BCUT2D eigenvalue weighted by atomic mass is 9.97. The summed E-state index contributed by atoms with van der Waals surface area (Å²) < 4.78 is 5.16. The van der Waals surface area contributed by atoms with Crippen molar-refractivity contribution in [2.75, 3.05) is 19.0 Å². The molecule has 0 aliphatic rings. The van der Waals surface area contributed by atoms with E-state index in [4.69, 9.17) is 4.74 Å². The lowest BCUT2D eigenvalue weighted by molar-refractivity contribution is -0.00152. The molecule has 0 saturated heterocycles. The number of aliphatic hydroxyl groups excluding tert-OH is 1. The van der Waals surface area contributed by atoms with Gasteiger partial charge in [0.05, 0.1) is 6.10 Å². The number of ether oxygens (including phenoxy) is 1. The Kier molecular flexibility index (Phi) is 6.90. The topological polar surface area (TPSA) is 67.3 Å². The maximum Gasteiger partial charge on any atom is 0.222 e. The first kappa shape index (κ1) is 16.3. The van der Waals surface area contributed by atoms with Crippen LogP contribution in [0.5, 0.6) is 0 Å². The number of anilines is 1. The van der Waals surface area contributed by atoms with Gasteiger partial charge in [-0.2, -0.15) is 0 Å². The van der Waals surface area contributed by atoms with E-state index in [-0.39, 0.29) is 12.0 Å². The van der Waals surface area contributed by atoms with E-state index < -0.39 is 6.10 Å². The number of aliphatic hydroxyl groups is 1. The Morgan fingerprint density at radius 3 is 2.70 bits per heavy atom. The quantitative estimate of drug-likeness (QED) is 0.712. The highest BCUT2D eigenvalue weighted by Gasteiger charge is 2.20. The van der Waals surface area contributed by atoms with Crippen molar-refractivity contribution in [2.45, 2.75) is 26.1 Å². The van der Waals surface area contributed by atoms with Gasteiger partial charge in [-0.3, -0.25) is 0 Å². The number of nitrogens with one attached hydrogen (secondary N) is 1. The first-order valence-corrected chi connectivity index (χ1v) is 6.60. The first-order chi connectivity index (χ1) is 9.58. The van der Waals surface area contributed by atoms with Crippen LogP contribution in [0.1, 0.15) is 13.8 Å². The van der Waals surface area contributed by atoms with Gasteiger partial charge >= 0.3 is 0 Å². The molecule has 3 atom stereocenters. The van der Waals surface area contributed by atoms with Crippen LogP contribution in [0.25, 0.3) is 0 Å². The summed E-state index contributed by atoms with van der Waals surface area (Å²) in [6, 6.07) is 1.77. The standard InChI is InChI=1S/C15H23N3O2/c1-5-13(20-4)14(19)12(3)9-11(2)10-18-15-16-7-6-8-17-15/h5-9,12-14,19H,1,10H2,2-4H3,(H,16,17,18)/b11-9-/t12-,13?,14+/m1/s1. The fraction of sp³-hybridized carbons (Fsp3) is 0.467. The molecule has 0 amide bonds. The summed E-state index contributed by atoms with van der Waals surface area (Å²) in [4.78, 5) is 8.18. The second-order valence-electron chi connectivity index (χ2n) is 4.72. The summed E-state index contributed by atoms with van der Waals surface area (Å²) >= 11 is 0. The van der Waals surface area contributed by atoms with E-state index in [1.165, 1.54) is 0 Å². The second-order valence-corrected chi connectivity index (χ2v) is 4.72. The van der Waals surface area contributed by atoms with Crippen LogP contribution in [0.2, 0.25) is 0 Å². The molecule has 0 spiro atoms. The molecule has 0 aromatic carbocycles. The number of hydrogen-bond donors (Lipinski definition) is 2. The van der Waals surface area contributed by atoms with Crippen LogP contribution >= 0.6 is 0 Å². The number of methoxy groups -OCH3 is 1. The maximum absolute atomic E-state index is 10.1. The Morgan fingerprint density at radius 1 is 1.50 bits per heavy atom. The van der Waals surface area contributed by atoms with Crippen molar-refractivity contribution < 1.29 is 9.84 Å². The summed E-state index contributed by atoms with van der Waals surface area (Å²) in [6.45, 7) is 8.23. The fourth-order valence-electron chi connectivity index (χ4n) is 1.89. The normalized spacial score (nSPS) is 16.3. The largest absolute Gasteiger partial charge is 0.389 e. The monoisotopic (exact) mass is 277 g/mol. The molecule has 0 aliphatic carbocycles. The lowest BCUT2D eigenvalue weighted by Crippen LogP contribution is -2.31. The molecule has 2 N–H and O–H groups in total. The van der Waals surface area contributed by atoms with E-state index in [9.17, 15) is 5.11 Å². The average Bonchev–Trinajstić information content (AvgIpc) is 2.47. The van der Waals surface area contributed by atoms with E-state index in [1.54, 1.807) is 31.6 Å². The maximum atomic E-state index is 10.1. The van der Waals surface area contributed by atoms with Crippen molar-refractivity contribution in [3.8, 4) is 0 Å². The molecule has 1 heterocycles. The third-order valence-electron chi connectivity index (χ3n) is 3.02. The fourth-order valence-corrected chi connectivity index (χ4v) is 1.89. The van der Waals surface area contributed by atoms with E-state index >= 15 is 0 Å². The molecule has 1 aromatic heterocycles. The molecule has 1 rings (SSSR count). The van der Waals surface area contributed by atoms with Gasteiger partial charge in [0.1, 0.15) is 6.10 Å². The van der Waals surface area contributed by atoms with Gasteiger partial charge in [0.15, 0.2) is 0 Å². The van der Waals surface area contributed by atoms with Gasteiger partial charge in [-0.05, 0) is 13.0 Å². The van der Waals surface area contributed by atoms with Crippen LogP contribution in [0.3, 0.4) is 0 Å². The number of rotatable bonds is 8. The summed E-state index contributed by atoms with van der Waals surface area (Å²) in [6.07, 6.45) is 6.03. The van der Waals surface area contributed by atoms with E-state index in [1.807, 2.05) is 19.9 Å². The Bertz CT molecular complexity index is 434. The Hall–Kier alpha value is -1.72. The van der Waals surface area contributed by atoms with Crippen molar-refractivity contribution >= 4 is 5.95 Å². The molecule has 1 aromatic rings. The summed E-state index contributed by atoms with van der Waals surface area (Å²) in [7, 11) is 1.56. The second kappa shape index (κ2) is 8.45. The summed E-state index contributed by atoms with van der Waals surface area (Å²) in [5.41, 5.74) is 1.10. The van der Waals surface area contributed by atoms with Crippen molar-refractivity contribution in [3.05, 3.63) is 42.8 Å². The minimum absolute atomic E-state index is 0.0311. The summed E-state index contributed by atoms with van der Waals surface area (Å²) in [5.74, 6) is 0.561. The van der Waals surface area contributed by atoms with Crippen LogP contribution in [-0.4, -0.2) is 40.9 Å². The Balaban J connectivity index is 2.53. The van der Waals surface area contributed by atoms with Gasteiger partial charge in [-0.15, -0.1) is 6.58 Å². The van der Waals surface area contributed by atoms with Crippen molar-refractivity contribution in [2.24, 2.45) is 5.92 Å². The Morgan fingerprint density at radius 2 is 2.15 bits per heavy atom. The molecule has 0 bridgehead atoms. The zero-order valence-electron chi connectivity index (χ0n) is 12.3. The molecule has 0 radical (unpaired) electrons. The van der Waals surface area contributed by atoms with E-state index in [0.29, 0.717) is 12.5 Å². The smallest absolute Gasteiger partial charge is 0.222 e. The molecule has 110 valence electrons. The van der Waals surface area contributed by atoms with Crippen molar-refractivity contribution in [1.82, 2.24) is 9.97 Å². The minimum Gasteiger partial charge on any atom is -0.389 e. The molecule has 0 aliphatic heterocycles. The van der Waals surface area contributed by atoms with Crippen LogP contribution in [0.4, 0.5) is 5.95 Å². The number of nitrogens with zero attached hydrogens (tertiary/aromatic N) is 2. The van der Waals surface area contributed by atoms with Gasteiger partial charge < -0.3 is 15.2 Å². The molecule has 5 nitrogen and oxygen atoms in total. The highest BCUT2D eigenvalue weighted by atomic mass is 16.5. The third-order valence-corrected chi connectivity index (χ3v) is 3.02. The Labute approximate surface area is 120 Å². The van der Waals surface area contributed by atoms with Gasteiger partial charge in [0, 0.05) is 32.0 Å². The molecule has 20 heavy (non-hydrogen) atoms. The van der Waals surface area contributed by atoms with Crippen LogP contribution in [0, 0.1) is 5.92 Å². The van der Waals surface area contributed by atoms with E-state index in [2.05, 4.69) is 21.9 Å². The van der Waals surface area contributed by atoms with E-state index in [0.717, 1.165) is 5.57 Å². The highest BCUT2D eigenvalue weighted by molar-refractivity contribution is 5.25. The van der Waals surface area contributed by atoms with Crippen LogP contribution in [-0.2, 0) is 4.74 Å². The molecule has 5 heteroatoms. The van der Waals surface area contributed by atoms with Crippen molar-refractivity contribution in [3.63, 3.8) is 0 Å². The molecule has 0 saturated carbocycles. The number of aromatic nitrogens is 2. The van der Waals surface area contributed by atoms with Crippen LogP contribution in [0.15, 0.2) is 42.8 Å². The zero-order chi connectivity index (χ0) is 15.0. The minimum atomic E-state index is -0.611. The SMILES string of the molecule is C=CC(OC)[C@@H](O)[C@H](C)/C=C(/C)CNc1ncccn1. The van der Waals surface area contributed by atoms with Gasteiger partial charge in [-0.25, -0.2) is 9.97 Å². The van der Waals surface area contributed by atoms with Gasteiger partial charge in [0.25, 0.3) is 0 Å². The number of hydrogen-bond acceptors (Lipinski definition) is 5. The molecule has 1 unspecified atom stereocenters. The molecule has 0 fully saturated rings. The van der Waals surface area contributed by atoms with Gasteiger partial charge in [0.2, 0.25) is 5.95 Å². The lowest BCUT2D eigenvalue weighted by Gasteiger charge is -2.22. The highest BCUT2D eigenvalue weighted by Crippen LogP contribution is 2.14. The predicted octanol–water partition coefficient (Wildman–Crippen LogP) is 2.03.